The summed E-state index contributed by atoms with van der Waals surface area (Å²) in [5, 5.41) is 9.46. The molecule has 0 aliphatic carbocycles. The van der Waals surface area contributed by atoms with E-state index in [1.807, 2.05) is 18.2 Å². The molecule has 9 heteroatoms. The van der Waals surface area contributed by atoms with Gasteiger partial charge in [-0.3, -0.25) is 9.80 Å². The second-order valence-electron chi connectivity index (χ2n) is 7.22. The molecule has 0 radical (unpaired) electrons. The van der Waals surface area contributed by atoms with Crippen molar-refractivity contribution < 1.29 is 9.18 Å². The average molecular weight is 413 g/mol. The lowest BCUT2D eigenvalue weighted by Crippen LogP contribution is -2.31. The van der Waals surface area contributed by atoms with Crippen LogP contribution in [-0.2, 0) is 0 Å². The van der Waals surface area contributed by atoms with Crippen molar-refractivity contribution in [2.75, 3.05) is 22.9 Å². The van der Waals surface area contributed by atoms with E-state index in [1.54, 1.807) is 68.0 Å². The number of anilines is 2. The molecule has 0 N–H and O–H groups in total. The van der Waals surface area contributed by atoms with Crippen molar-refractivity contribution in [1.82, 2.24) is 24.4 Å². The molecule has 8 nitrogen and oxygen atoms in total. The van der Waals surface area contributed by atoms with Gasteiger partial charge in [-0.1, -0.05) is 18.2 Å². The largest absolute Gasteiger partial charge is 0.329 e. The summed E-state index contributed by atoms with van der Waals surface area (Å²) in [6.07, 6.45) is 6.79. The molecule has 1 aliphatic heterocycles. The van der Waals surface area contributed by atoms with E-state index in [-0.39, 0.29) is 11.8 Å². The minimum absolute atomic E-state index is 0.160. The van der Waals surface area contributed by atoms with Gasteiger partial charge in [0.1, 0.15) is 17.2 Å². The third-order valence-electron chi connectivity index (χ3n) is 5.52. The number of para-hydroxylation sites is 1. The van der Waals surface area contributed by atoms with Crippen molar-refractivity contribution in [3.05, 3.63) is 79.1 Å². The third-order valence-corrected chi connectivity index (χ3v) is 5.52. The molecule has 1 saturated heterocycles. The average Bonchev–Trinajstić information content (AvgIpc) is 3.50. The smallest absolute Gasteiger partial charge is 0.291 e. The zero-order valence-corrected chi connectivity index (χ0v) is 16.3. The van der Waals surface area contributed by atoms with Crippen molar-refractivity contribution in [2.24, 2.45) is 0 Å². The van der Waals surface area contributed by atoms with E-state index in [0.717, 1.165) is 16.6 Å². The predicted molar refractivity (Wildman–Crippen MR) is 114 cm³/mol. The molecule has 3 aromatic heterocycles. The highest BCUT2D eigenvalue weighted by molar-refractivity contribution is 6.11. The normalized spacial score (nSPS) is 14.3. The Morgan fingerprint density at radius 2 is 1.65 bits per heavy atom. The summed E-state index contributed by atoms with van der Waals surface area (Å²) in [4.78, 5) is 21.1. The predicted octanol–water partition coefficient (Wildman–Crippen LogP) is 3.65. The second kappa shape index (κ2) is 6.63. The second-order valence-corrected chi connectivity index (χ2v) is 7.22. The lowest BCUT2D eigenvalue weighted by molar-refractivity contribution is 0.256. The molecule has 1 fully saturated rings. The van der Waals surface area contributed by atoms with Gasteiger partial charge in [0, 0.05) is 30.9 Å². The standard InChI is InChI=1S/C22H16FN7O/c23-16-5-1-2-6-19(16)30-18-8-3-7-17(15(18)13-26-30)27-11-12-28(22(27)31)20-14-25-29-10-4-9-24-21(20)29/h1-10,13-14H,11-12H2. The molecule has 2 aromatic carbocycles. The highest BCUT2D eigenvalue weighted by Gasteiger charge is 2.33. The molecular formula is C22H16FN7O. The summed E-state index contributed by atoms with van der Waals surface area (Å²) >= 11 is 0. The molecule has 0 spiro atoms. The Balaban J connectivity index is 1.41. The van der Waals surface area contributed by atoms with Crippen LogP contribution in [0.2, 0.25) is 0 Å². The van der Waals surface area contributed by atoms with Crippen molar-refractivity contribution in [3.63, 3.8) is 0 Å². The molecule has 5 aromatic rings. The van der Waals surface area contributed by atoms with Crippen LogP contribution in [0.15, 0.2) is 73.3 Å². The Hall–Kier alpha value is -4.27. The van der Waals surface area contributed by atoms with Crippen molar-refractivity contribution in [3.8, 4) is 5.69 Å². The number of nitrogens with zero attached hydrogens (tertiary/aromatic N) is 7. The Kier molecular flexibility index (Phi) is 3.76. The summed E-state index contributed by atoms with van der Waals surface area (Å²) in [5.41, 5.74) is 3.12. The van der Waals surface area contributed by atoms with Crippen LogP contribution in [0.5, 0.6) is 0 Å². The number of hydrogen-bond donors (Lipinski definition) is 0. The number of aromatic nitrogens is 5. The Morgan fingerprint density at radius 1 is 0.839 bits per heavy atom. The third kappa shape index (κ3) is 2.59. The first-order chi connectivity index (χ1) is 15.2. The monoisotopic (exact) mass is 413 g/mol. The topological polar surface area (TPSA) is 71.6 Å². The van der Waals surface area contributed by atoms with Gasteiger partial charge in [-0.15, -0.1) is 0 Å². The van der Waals surface area contributed by atoms with Crippen molar-refractivity contribution in [2.45, 2.75) is 0 Å². The quantitative estimate of drug-likeness (QED) is 0.453. The Morgan fingerprint density at radius 3 is 2.52 bits per heavy atom. The van der Waals surface area contributed by atoms with Crippen LogP contribution in [0, 0.1) is 5.82 Å². The highest BCUT2D eigenvalue weighted by atomic mass is 19.1. The maximum atomic E-state index is 14.3. The maximum Gasteiger partial charge on any atom is 0.329 e. The van der Waals surface area contributed by atoms with Gasteiger partial charge in [0.2, 0.25) is 0 Å². The fraction of sp³-hybridized carbons (Fsp3) is 0.0909. The van der Waals surface area contributed by atoms with Crippen LogP contribution in [-0.4, -0.2) is 43.5 Å². The van der Waals surface area contributed by atoms with Crippen LogP contribution >= 0.6 is 0 Å². The lowest BCUT2D eigenvalue weighted by Gasteiger charge is -2.18. The molecule has 2 amide bonds. The molecule has 1 aliphatic rings. The van der Waals surface area contributed by atoms with Gasteiger partial charge in [-0.25, -0.2) is 23.4 Å². The molecule has 31 heavy (non-hydrogen) atoms. The SMILES string of the molecule is O=C1N(c2cccc3c2cnn3-c2ccccc2F)CCN1c1cnn2cccnc12. The first-order valence-corrected chi connectivity index (χ1v) is 9.81. The zero-order valence-electron chi connectivity index (χ0n) is 16.3. The number of fused-ring (bicyclic) bond motifs is 2. The Bertz CT molecular complexity index is 1460. The van der Waals surface area contributed by atoms with E-state index in [4.69, 9.17) is 0 Å². The molecular weight excluding hydrogens is 397 g/mol. The Labute approximate surface area is 175 Å². The molecule has 0 bridgehead atoms. The van der Waals surface area contributed by atoms with E-state index in [0.29, 0.717) is 30.1 Å². The van der Waals surface area contributed by atoms with E-state index in [1.165, 1.54) is 6.07 Å². The molecule has 0 saturated carbocycles. The van der Waals surface area contributed by atoms with E-state index in [9.17, 15) is 9.18 Å². The summed E-state index contributed by atoms with van der Waals surface area (Å²) in [6.45, 7) is 1.02. The summed E-state index contributed by atoms with van der Waals surface area (Å²) < 4.78 is 17.5. The number of carbonyl (C=O) groups is 1. The van der Waals surface area contributed by atoms with Gasteiger partial charge in [-0.2, -0.15) is 10.2 Å². The van der Waals surface area contributed by atoms with Crippen LogP contribution in [0.4, 0.5) is 20.6 Å². The van der Waals surface area contributed by atoms with Crippen LogP contribution in [0.1, 0.15) is 0 Å². The number of urea groups is 1. The number of carbonyl (C=O) groups excluding carboxylic acids is 1. The van der Waals surface area contributed by atoms with Crippen LogP contribution in [0.3, 0.4) is 0 Å². The summed E-state index contributed by atoms with van der Waals surface area (Å²) in [7, 11) is 0. The van der Waals surface area contributed by atoms with Gasteiger partial charge < -0.3 is 0 Å². The fourth-order valence-corrected chi connectivity index (χ4v) is 4.08. The van der Waals surface area contributed by atoms with Gasteiger partial charge in [0.25, 0.3) is 0 Å². The first-order valence-electron chi connectivity index (χ1n) is 9.81. The number of amides is 2. The molecule has 4 heterocycles. The van der Waals surface area contributed by atoms with Crippen LogP contribution < -0.4 is 9.80 Å². The van der Waals surface area contributed by atoms with Gasteiger partial charge >= 0.3 is 6.03 Å². The van der Waals surface area contributed by atoms with Crippen LogP contribution in [0.25, 0.3) is 22.2 Å². The summed E-state index contributed by atoms with van der Waals surface area (Å²) in [5.74, 6) is -0.359. The van der Waals surface area contributed by atoms with E-state index < -0.39 is 0 Å². The van der Waals surface area contributed by atoms with E-state index in [2.05, 4.69) is 15.2 Å². The summed E-state index contributed by atoms with van der Waals surface area (Å²) in [6, 6.07) is 13.7. The molecule has 152 valence electrons. The van der Waals surface area contributed by atoms with Gasteiger partial charge in [0.05, 0.1) is 23.6 Å². The van der Waals surface area contributed by atoms with Gasteiger partial charge in [0.15, 0.2) is 5.65 Å². The molecule has 6 rings (SSSR count). The van der Waals surface area contributed by atoms with E-state index >= 15 is 0 Å². The number of benzene rings is 2. The molecule has 0 unspecified atom stereocenters. The van der Waals surface area contributed by atoms with Crippen molar-refractivity contribution >= 4 is 34.0 Å². The zero-order chi connectivity index (χ0) is 20.9. The highest BCUT2D eigenvalue weighted by Crippen LogP contribution is 2.33. The minimum Gasteiger partial charge on any atom is -0.291 e. The lowest BCUT2D eigenvalue weighted by atomic mass is 10.2. The molecule has 0 atom stereocenters. The number of halogens is 1. The maximum absolute atomic E-state index is 14.3. The van der Waals surface area contributed by atoms with Crippen molar-refractivity contribution in [1.29, 1.82) is 0 Å². The van der Waals surface area contributed by atoms with Gasteiger partial charge in [-0.05, 0) is 30.3 Å². The first kappa shape index (κ1) is 17.6. The minimum atomic E-state index is -0.359. The number of hydrogen-bond acceptors (Lipinski definition) is 4. The number of rotatable bonds is 3. The fourth-order valence-electron chi connectivity index (χ4n) is 4.08.